The fraction of sp³-hybridized carbons (Fsp3) is 0.423. The lowest BCUT2D eigenvalue weighted by Crippen LogP contribution is -2.70. The maximum atomic E-state index is 13.6. The summed E-state index contributed by atoms with van der Waals surface area (Å²) in [4.78, 5) is 36.5. The number of nitrogens with one attached hydrogen (secondary N) is 2. The number of aliphatic hydroxyl groups is 1. The molecule has 8 nitrogen and oxygen atoms in total. The van der Waals surface area contributed by atoms with Gasteiger partial charge in [-0.15, -0.1) is 0 Å². The number of hydrogen-bond donors (Lipinski definition) is 3. The molecule has 0 aromatic heterocycles. The third-order valence-corrected chi connectivity index (χ3v) is 7.31. The lowest BCUT2D eigenvalue weighted by atomic mass is 9.60. The molecule has 3 saturated carbocycles. The van der Waals surface area contributed by atoms with Crippen molar-refractivity contribution in [3.8, 4) is 11.5 Å². The number of ketones is 1. The minimum absolute atomic E-state index is 0.0383. The molecule has 5 rings (SSSR count). The molecule has 3 N–H and O–H groups in total. The Hall–Kier alpha value is -3.17. The van der Waals surface area contributed by atoms with Gasteiger partial charge in [-0.3, -0.25) is 14.4 Å². The Labute approximate surface area is 213 Å². The van der Waals surface area contributed by atoms with E-state index in [4.69, 9.17) is 21.1 Å². The monoisotopic (exact) mass is 518 g/mol. The summed E-state index contributed by atoms with van der Waals surface area (Å²) in [5, 5.41) is 16.8. The minimum Gasteiger partial charge on any atom is -0.484 e. The molecular weight excluding hydrogens is 491 g/mol. The Morgan fingerprint density at radius 1 is 0.972 bits per heavy atom. The highest BCUT2D eigenvalue weighted by molar-refractivity contribution is 6.30. The van der Waals surface area contributed by atoms with Crippen molar-refractivity contribution >= 4 is 29.2 Å². The van der Waals surface area contributed by atoms with Crippen LogP contribution < -0.4 is 20.1 Å². The van der Waals surface area contributed by atoms with Crippen molar-refractivity contribution in [3.05, 3.63) is 58.9 Å². The number of ether oxygens (including phenoxy) is 2. The zero-order valence-electron chi connectivity index (χ0n) is 19.8. The first kappa shape index (κ1) is 25.9. The van der Waals surface area contributed by atoms with Crippen molar-refractivity contribution in [1.29, 1.82) is 0 Å². The molecule has 36 heavy (non-hydrogen) atoms. The Morgan fingerprint density at radius 3 is 2.14 bits per heavy atom. The molecule has 2 bridgehead atoms. The van der Waals surface area contributed by atoms with Gasteiger partial charge < -0.3 is 25.2 Å². The Kier molecular flexibility index (Phi) is 7.51. The predicted molar refractivity (Wildman–Crippen MR) is 130 cm³/mol. The standard InChI is InChI=1S/C26H28ClFN2O6/c1-16(31)17-2-4-18(5-3-17)35-14-23(33)29-25-8-10-26(11-9-25,22(32)13-25)30-24(34)15-36-19-6-7-20(27)21(28)12-19/h2-7,12,22,32H,8-11,13-15H2,1H3,(H,29,33)(H,30,34)/t22-,25?,26?/m1/s1. The number of benzene rings is 2. The van der Waals surface area contributed by atoms with Gasteiger partial charge >= 0.3 is 0 Å². The SMILES string of the molecule is CC(=O)c1ccc(OCC(=O)NC23CCC(NC(=O)COc4ccc(Cl)c(F)c4)(CC2)[C@H](O)C3)cc1. The van der Waals surface area contributed by atoms with Gasteiger partial charge in [0.2, 0.25) is 0 Å². The first-order chi connectivity index (χ1) is 17.1. The first-order valence-electron chi connectivity index (χ1n) is 11.7. The van der Waals surface area contributed by atoms with Crippen molar-refractivity contribution in [2.45, 2.75) is 56.2 Å². The van der Waals surface area contributed by atoms with E-state index >= 15 is 0 Å². The van der Waals surface area contributed by atoms with Crippen molar-refractivity contribution < 1.29 is 33.4 Å². The van der Waals surface area contributed by atoms with Crippen LogP contribution in [0.15, 0.2) is 42.5 Å². The smallest absolute Gasteiger partial charge is 0.258 e. The zero-order chi connectivity index (χ0) is 25.9. The third kappa shape index (κ3) is 5.79. The summed E-state index contributed by atoms with van der Waals surface area (Å²) < 4.78 is 24.4. The van der Waals surface area contributed by atoms with E-state index in [2.05, 4.69) is 10.6 Å². The van der Waals surface area contributed by atoms with E-state index < -0.39 is 28.9 Å². The largest absolute Gasteiger partial charge is 0.484 e. The summed E-state index contributed by atoms with van der Waals surface area (Å²) in [6, 6.07) is 10.5. The van der Waals surface area contributed by atoms with E-state index in [1.165, 1.54) is 19.1 Å². The Morgan fingerprint density at radius 2 is 1.56 bits per heavy atom. The van der Waals surface area contributed by atoms with Crippen LogP contribution in [0.3, 0.4) is 0 Å². The molecule has 3 aliphatic carbocycles. The second-order valence-corrected chi connectivity index (χ2v) is 9.89. The van der Waals surface area contributed by atoms with Crippen LogP contribution in [0, 0.1) is 5.82 Å². The average Bonchev–Trinajstić information content (AvgIpc) is 2.85. The van der Waals surface area contributed by atoms with Crippen molar-refractivity contribution in [2.75, 3.05) is 13.2 Å². The molecule has 0 aliphatic heterocycles. The van der Waals surface area contributed by atoms with Crippen LogP contribution in [0.5, 0.6) is 11.5 Å². The molecule has 1 atom stereocenters. The van der Waals surface area contributed by atoms with Crippen LogP contribution in [0.2, 0.25) is 5.02 Å². The molecule has 2 aromatic rings. The van der Waals surface area contributed by atoms with Gasteiger partial charge in [0.25, 0.3) is 11.8 Å². The summed E-state index contributed by atoms with van der Waals surface area (Å²) in [7, 11) is 0. The summed E-state index contributed by atoms with van der Waals surface area (Å²) in [5.41, 5.74) is -0.806. The molecule has 3 aliphatic rings. The number of hydrogen-bond acceptors (Lipinski definition) is 6. The lowest BCUT2D eigenvalue weighted by Gasteiger charge is -2.56. The van der Waals surface area contributed by atoms with Gasteiger partial charge in [0, 0.05) is 17.2 Å². The van der Waals surface area contributed by atoms with Crippen molar-refractivity contribution in [1.82, 2.24) is 10.6 Å². The maximum absolute atomic E-state index is 13.6. The molecular formula is C26H28ClFN2O6. The Bertz CT molecular complexity index is 1150. The minimum atomic E-state index is -0.850. The topological polar surface area (TPSA) is 114 Å². The van der Waals surface area contributed by atoms with E-state index in [9.17, 15) is 23.9 Å². The van der Waals surface area contributed by atoms with Gasteiger partial charge in [0.15, 0.2) is 19.0 Å². The van der Waals surface area contributed by atoms with Crippen LogP contribution in [0.25, 0.3) is 0 Å². The number of halogens is 2. The average molecular weight is 519 g/mol. The highest BCUT2D eigenvalue weighted by Gasteiger charge is 2.55. The maximum Gasteiger partial charge on any atom is 0.258 e. The van der Waals surface area contributed by atoms with E-state index in [0.29, 0.717) is 43.4 Å². The molecule has 0 spiro atoms. The summed E-state index contributed by atoms with van der Waals surface area (Å²) in [6.45, 7) is 0.951. The van der Waals surface area contributed by atoms with Gasteiger partial charge in [0.05, 0.1) is 16.7 Å². The van der Waals surface area contributed by atoms with E-state index in [1.807, 2.05) is 0 Å². The van der Waals surface area contributed by atoms with Gasteiger partial charge in [-0.1, -0.05) is 11.6 Å². The van der Waals surface area contributed by atoms with Crippen LogP contribution in [-0.4, -0.2) is 53.1 Å². The number of carbonyl (C=O) groups is 3. The van der Waals surface area contributed by atoms with Crippen LogP contribution in [0.1, 0.15) is 49.4 Å². The number of Topliss-reactive ketones (excluding diaryl/α,β-unsaturated/α-hetero) is 1. The highest BCUT2D eigenvalue weighted by atomic mass is 35.5. The molecule has 0 heterocycles. The molecule has 10 heteroatoms. The van der Waals surface area contributed by atoms with Gasteiger partial charge in [-0.2, -0.15) is 0 Å². The molecule has 192 valence electrons. The molecule has 0 radical (unpaired) electrons. The van der Waals surface area contributed by atoms with Crippen LogP contribution in [0.4, 0.5) is 4.39 Å². The molecule has 0 unspecified atom stereocenters. The molecule has 2 amide bonds. The number of amides is 2. The van der Waals surface area contributed by atoms with Crippen molar-refractivity contribution in [2.24, 2.45) is 0 Å². The van der Waals surface area contributed by atoms with Crippen LogP contribution >= 0.6 is 11.6 Å². The number of rotatable bonds is 9. The molecule has 3 fully saturated rings. The quantitative estimate of drug-likeness (QED) is 0.439. The van der Waals surface area contributed by atoms with E-state index in [-0.39, 0.29) is 35.7 Å². The second-order valence-electron chi connectivity index (χ2n) is 9.49. The zero-order valence-corrected chi connectivity index (χ0v) is 20.6. The number of fused-ring (bicyclic) bond motifs is 3. The predicted octanol–water partition coefficient (Wildman–Crippen LogP) is 3.19. The summed E-state index contributed by atoms with van der Waals surface area (Å²) in [6.07, 6.45) is 1.61. The fourth-order valence-corrected chi connectivity index (χ4v) is 5.08. The highest BCUT2D eigenvalue weighted by Crippen LogP contribution is 2.47. The number of carbonyl (C=O) groups excluding carboxylic acids is 3. The fourth-order valence-electron chi connectivity index (χ4n) is 4.96. The second kappa shape index (κ2) is 10.4. The van der Waals surface area contributed by atoms with Gasteiger partial charge in [-0.25, -0.2) is 4.39 Å². The molecule has 0 saturated heterocycles. The van der Waals surface area contributed by atoms with E-state index in [0.717, 1.165) is 6.07 Å². The van der Waals surface area contributed by atoms with Crippen molar-refractivity contribution in [3.63, 3.8) is 0 Å². The molecule has 2 aromatic carbocycles. The number of aliphatic hydroxyl groups excluding tert-OH is 1. The lowest BCUT2D eigenvalue weighted by molar-refractivity contribution is -0.137. The summed E-state index contributed by atoms with van der Waals surface area (Å²) >= 11 is 5.65. The van der Waals surface area contributed by atoms with E-state index in [1.54, 1.807) is 24.3 Å². The van der Waals surface area contributed by atoms with Gasteiger partial charge in [0.1, 0.15) is 17.3 Å². The Balaban J connectivity index is 1.26. The normalized spacial score (nSPS) is 24.6. The third-order valence-electron chi connectivity index (χ3n) is 7.01. The summed E-state index contributed by atoms with van der Waals surface area (Å²) in [5.74, 6) is -0.769. The van der Waals surface area contributed by atoms with Crippen LogP contribution in [-0.2, 0) is 9.59 Å². The van der Waals surface area contributed by atoms with Gasteiger partial charge in [-0.05, 0) is 75.4 Å². The first-order valence-corrected chi connectivity index (χ1v) is 12.1.